The molecule has 0 fully saturated rings. The van der Waals surface area contributed by atoms with Gasteiger partial charge in [-0.15, -0.1) is 11.8 Å². The molecule has 0 bridgehead atoms. The van der Waals surface area contributed by atoms with Crippen LogP contribution in [0.15, 0.2) is 23.1 Å². The highest BCUT2D eigenvalue weighted by atomic mass is 32.2. The summed E-state index contributed by atoms with van der Waals surface area (Å²) in [5, 5.41) is 0.448. The Morgan fingerprint density at radius 1 is 1.16 bits per heavy atom. The molecule has 0 unspecified atom stereocenters. The second kappa shape index (κ2) is 10.7. The molecule has 25 heavy (non-hydrogen) atoms. The lowest BCUT2D eigenvalue weighted by molar-refractivity contribution is 0.0505. The highest BCUT2D eigenvalue weighted by molar-refractivity contribution is 8.00. The van der Waals surface area contributed by atoms with E-state index in [2.05, 4.69) is 57.7 Å². The Balaban J connectivity index is 3.16. The minimum Gasteiger partial charge on any atom is -0.462 e. The maximum absolute atomic E-state index is 12.2. The zero-order valence-electron chi connectivity index (χ0n) is 16.8. The molecule has 0 spiro atoms. The molecule has 0 N–H and O–H groups in total. The van der Waals surface area contributed by atoms with Crippen molar-refractivity contribution in [3.8, 4) is 0 Å². The Kier molecular flexibility index (Phi) is 9.36. The summed E-state index contributed by atoms with van der Waals surface area (Å²) in [6.45, 7) is 13.2. The van der Waals surface area contributed by atoms with Crippen molar-refractivity contribution in [2.45, 2.75) is 57.2 Å². The van der Waals surface area contributed by atoms with E-state index in [1.54, 1.807) is 11.8 Å². The van der Waals surface area contributed by atoms with Gasteiger partial charge in [0, 0.05) is 29.3 Å². The predicted molar refractivity (Wildman–Crippen MR) is 109 cm³/mol. The Labute approximate surface area is 157 Å². The van der Waals surface area contributed by atoms with Crippen LogP contribution in [-0.2, 0) is 4.74 Å². The molecule has 1 rings (SSSR count). The number of hydrogen-bond donors (Lipinski definition) is 0. The summed E-state index contributed by atoms with van der Waals surface area (Å²) >= 11 is 1.80. The first-order valence-electron chi connectivity index (χ1n) is 9.15. The number of carbonyl (C=O) groups is 1. The molecule has 0 saturated heterocycles. The molecular formula is C20H34N2O2S. The molecule has 0 radical (unpaired) electrons. The number of carbonyl (C=O) groups excluding carboxylic acids is 1. The van der Waals surface area contributed by atoms with E-state index in [4.69, 9.17) is 4.74 Å². The fourth-order valence-electron chi connectivity index (χ4n) is 2.47. The molecule has 0 heterocycles. The average molecular weight is 367 g/mol. The molecule has 142 valence electrons. The summed E-state index contributed by atoms with van der Waals surface area (Å²) < 4.78 is 5.30. The molecule has 0 aliphatic carbocycles. The van der Waals surface area contributed by atoms with Gasteiger partial charge in [0.15, 0.2) is 0 Å². The van der Waals surface area contributed by atoms with Gasteiger partial charge in [0.25, 0.3) is 0 Å². The Bertz CT molecular complexity index is 544. The van der Waals surface area contributed by atoms with Crippen LogP contribution < -0.4 is 4.90 Å². The number of rotatable bonds is 10. The van der Waals surface area contributed by atoms with Crippen LogP contribution in [0.4, 0.5) is 5.69 Å². The van der Waals surface area contributed by atoms with E-state index in [1.807, 2.05) is 19.1 Å². The van der Waals surface area contributed by atoms with Crippen molar-refractivity contribution in [1.82, 2.24) is 4.90 Å². The molecule has 0 atom stereocenters. The molecule has 0 aromatic heterocycles. The van der Waals surface area contributed by atoms with Gasteiger partial charge in [0.1, 0.15) is 0 Å². The van der Waals surface area contributed by atoms with Crippen LogP contribution in [0.1, 0.15) is 51.4 Å². The topological polar surface area (TPSA) is 32.8 Å². The Morgan fingerprint density at radius 2 is 1.84 bits per heavy atom. The standard InChI is InChI=1S/C20H34N2O2S/c1-8-13-24-20(23)17-9-10-18(19(14-17)25-16(4)5)22(15(2)3)12-11-21(6)7/h9-10,14-16H,8,11-13H2,1-7H3. The van der Waals surface area contributed by atoms with E-state index in [0.29, 0.717) is 23.5 Å². The first-order chi connectivity index (χ1) is 11.8. The van der Waals surface area contributed by atoms with Gasteiger partial charge in [-0.3, -0.25) is 0 Å². The van der Waals surface area contributed by atoms with E-state index in [9.17, 15) is 4.79 Å². The van der Waals surface area contributed by atoms with E-state index in [1.165, 1.54) is 5.69 Å². The van der Waals surface area contributed by atoms with Gasteiger partial charge in [-0.25, -0.2) is 4.79 Å². The minimum atomic E-state index is -0.233. The number of ether oxygens (including phenoxy) is 1. The van der Waals surface area contributed by atoms with Crippen molar-refractivity contribution in [2.24, 2.45) is 0 Å². The number of thioether (sulfide) groups is 1. The number of benzene rings is 1. The third kappa shape index (κ3) is 7.28. The van der Waals surface area contributed by atoms with Gasteiger partial charge in [0.05, 0.1) is 17.9 Å². The lowest BCUT2D eigenvalue weighted by Gasteiger charge is -2.32. The van der Waals surface area contributed by atoms with Crippen molar-refractivity contribution in [3.05, 3.63) is 23.8 Å². The van der Waals surface area contributed by atoms with Crippen molar-refractivity contribution in [3.63, 3.8) is 0 Å². The van der Waals surface area contributed by atoms with Crippen molar-refractivity contribution >= 4 is 23.4 Å². The maximum atomic E-state index is 12.2. The van der Waals surface area contributed by atoms with Gasteiger partial charge >= 0.3 is 5.97 Å². The highest BCUT2D eigenvalue weighted by Crippen LogP contribution is 2.35. The summed E-state index contributed by atoms with van der Waals surface area (Å²) in [6, 6.07) is 6.35. The minimum absolute atomic E-state index is 0.233. The van der Waals surface area contributed by atoms with Crippen molar-refractivity contribution < 1.29 is 9.53 Å². The van der Waals surface area contributed by atoms with Crippen LogP contribution in [0.25, 0.3) is 0 Å². The monoisotopic (exact) mass is 366 g/mol. The predicted octanol–water partition coefficient (Wildman–Crippen LogP) is 4.53. The molecule has 1 aromatic carbocycles. The zero-order chi connectivity index (χ0) is 19.0. The van der Waals surface area contributed by atoms with Crippen LogP contribution >= 0.6 is 11.8 Å². The first kappa shape index (κ1) is 21.8. The Hall–Kier alpha value is -1.20. The molecule has 0 aliphatic heterocycles. The lowest BCUT2D eigenvalue weighted by Crippen LogP contribution is -2.37. The molecule has 4 nitrogen and oxygen atoms in total. The van der Waals surface area contributed by atoms with Gasteiger partial charge in [0.2, 0.25) is 0 Å². The first-order valence-corrected chi connectivity index (χ1v) is 10.0. The lowest BCUT2D eigenvalue weighted by atomic mass is 10.1. The van der Waals surface area contributed by atoms with E-state index in [-0.39, 0.29) is 5.97 Å². The molecule has 0 amide bonds. The number of nitrogens with zero attached hydrogens (tertiary/aromatic N) is 2. The van der Waals surface area contributed by atoms with Crippen molar-refractivity contribution in [2.75, 3.05) is 38.7 Å². The summed E-state index contributed by atoms with van der Waals surface area (Å²) in [7, 11) is 4.18. The molecule has 0 saturated carbocycles. The van der Waals surface area contributed by atoms with E-state index >= 15 is 0 Å². The molecular weight excluding hydrogens is 332 g/mol. The van der Waals surface area contributed by atoms with Crippen LogP contribution in [0.5, 0.6) is 0 Å². The average Bonchev–Trinajstić information content (AvgIpc) is 2.52. The second-order valence-corrected chi connectivity index (χ2v) is 8.69. The largest absolute Gasteiger partial charge is 0.462 e. The normalized spacial score (nSPS) is 11.4. The number of esters is 1. The summed E-state index contributed by atoms with van der Waals surface area (Å²) in [4.78, 5) is 18.0. The molecule has 0 aliphatic rings. The fourth-order valence-corrected chi connectivity index (χ4v) is 3.48. The van der Waals surface area contributed by atoms with Gasteiger partial charge < -0.3 is 14.5 Å². The van der Waals surface area contributed by atoms with Crippen molar-refractivity contribution in [1.29, 1.82) is 0 Å². The van der Waals surface area contributed by atoms with Gasteiger partial charge in [-0.1, -0.05) is 20.8 Å². The van der Waals surface area contributed by atoms with Crippen LogP contribution in [0.2, 0.25) is 0 Å². The molecule has 1 aromatic rings. The summed E-state index contributed by atoms with van der Waals surface area (Å²) in [5.74, 6) is -0.233. The number of likely N-dealkylation sites (N-methyl/N-ethyl adjacent to an activating group) is 1. The maximum Gasteiger partial charge on any atom is 0.338 e. The SMILES string of the molecule is CCCOC(=O)c1ccc(N(CCN(C)C)C(C)C)c(SC(C)C)c1. The van der Waals surface area contributed by atoms with Crippen LogP contribution in [0.3, 0.4) is 0 Å². The Morgan fingerprint density at radius 3 is 2.36 bits per heavy atom. The third-order valence-electron chi connectivity index (χ3n) is 3.72. The van der Waals surface area contributed by atoms with E-state index < -0.39 is 0 Å². The number of anilines is 1. The summed E-state index contributed by atoms with van der Waals surface area (Å²) in [5.41, 5.74) is 1.83. The highest BCUT2D eigenvalue weighted by Gasteiger charge is 2.18. The van der Waals surface area contributed by atoms with Gasteiger partial charge in [-0.2, -0.15) is 0 Å². The molecule has 5 heteroatoms. The fraction of sp³-hybridized carbons (Fsp3) is 0.650. The quantitative estimate of drug-likeness (QED) is 0.449. The van der Waals surface area contributed by atoms with E-state index in [0.717, 1.165) is 24.4 Å². The third-order valence-corrected chi connectivity index (χ3v) is 4.77. The number of hydrogen-bond acceptors (Lipinski definition) is 5. The summed E-state index contributed by atoms with van der Waals surface area (Å²) in [6.07, 6.45) is 0.836. The van der Waals surface area contributed by atoms with Crippen LogP contribution in [-0.4, -0.2) is 56.0 Å². The zero-order valence-corrected chi connectivity index (χ0v) is 17.7. The van der Waals surface area contributed by atoms with Crippen LogP contribution in [0, 0.1) is 0 Å². The smallest absolute Gasteiger partial charge is 0.338 e. The second-order valence-electron chi connectivity index (χ2n) is 7.08. The van der Waals surface area contributed by atoms with Gasteiger partial charge in [-0.05, 0) is 52.6 Å².